The Kier molecular flexibility index (Phi) is 9.92. The summed E-state index contributed by atoms with van der Waals surface area (Å²) in [4.78, 5) is 28.9. The van der Waals surface area contributed by atoms with Crippen LogP contribution < -0.4 is 5.32 Å². The number of nitrogens with one attached hydrogen (secondary N) is 1. The smallest absolute Gasteiger partial charge is 0.243 e. The molecule has 0 unspecified atom stereocenters. The number of amides is 2. The van der Waals surface area contributed by atoms with Gasteiger partial charge >= 0.3 is 0 Å². The predicted octanol–water partition coefficient (Wildman–Crippen LogP) is 6.14. The molecular weight excluding hydrogens is 456 g/mol. The molecule has 5 heteroatoms. The van der Waals surface area contributed by atoms with Crippen LogP contribution in [0.25, 0.3) is 0 Å². The molecule has 2 amide bonds. The zero-order valence-corrected chi connectivity index (χ0v) is 21.6. The average Bonchev–Trinajstić information content (AvgIpc) is 2.87. The van der Waals surface area contributed by atoms with Crippen molar-refractivity contribution in [2.75, 3.05) is 0 Å². The number of carbonyl (C=O) groups is 2. The number of hydrogen-bond donors (Lipinski definition) is 1. The van der Waals surface area contributed by atoms with Crippen molar-refractivity contribution in [3.8, 4) is 0 Å². The largest absolute Gasteiger partial charge is 0.352 e. The van der Waals surface area contributed by atoms with E-state index in [9.17, 15) is 9.59 Å². The number of benzene rings is 3. The average molecular weight is 491 g/mol. The highest BCUT2D eigenvalue weighted by Crippen LogP contribution is 2.20. The van der Waals surface area contributed by atoms with E-state index in [2.05, 4.69) is 5.32 Å². The van der Waals surface area contributed by atoms with Gasteiger partial charge in [-0.2, -0.15) is 0 Å². The third kappa shape index (κ3) is 7.97. The van der Waals surface area contributed by atoms with Crippen LogP contribution in [0.2, 0.25) is 5.02 Å². The molecule has 0 aromatic heterocycles. The fourth-order valence-electron chi connectivity index (χ4n) is 3.97. The number of carbonyl (C=O) groups excluding carboxylic acids is 2. The van der Waals surface area contributed by atoms with Gasteiger partial charge in [-0.05, 0) is 49.4 Å². The Morgan fingerprint density at radius 2 is 1.57 bits per heavy atom. The molecule has 2 atom stereocenters. The maximum absolute atomic E-state index is 13.7. The van der Waals surface area contributed by atoms with Crippen molar-refractivity contribution < 1.29 is 9.59 Å². The third-order valence-corrected chi connectivity index (χ3v) is 6.68. The molecule has 0 aliphatic heterocycles. The first-order valence-corrected chi connectivity index (χ1v) is 12.7. The van der Waals surface area contributed by atoms with E-state index in [4.69, 9.17) is 11.6 Å². The van der Waals surface area contributed by atoms with Crippen molar-refractivity contribution in [3.05, 3.63) is 106 Å². The van der Waals surface area contributed by atoms with Gasteiger partial charge in [-0.15, -0.1) is 0 Å². The molecule has 0 aliphatic carbocycles. The van der Waals surface area contributed by atoms with Crippen molar-refractivity contribution in [3.63, 3.8) is 0 Å². The molecule has 0 aliphatic rings. The molecular formula is C30H35ClN2O2. The first-order chi connectivity index (χ1) is 16.9. The molecule has 184 valence electrons. The topological polar surface area (TPSA) is 49.4 Å². The Balaban J connectivity index is 1.91. The molecule has 0 saturated carbocycles. The van der Waals surface area contributed by atoms with Gasteiger partial charge in [0.1, 0.15) is 6.04 Å². The number of rotatable bonds is 11. The summed E-state index contributed by atoms with van der Waals surface area (Å²) in [5.74, 6) is -0.188. The summed E-state index contributed by atoms with van der Waals surface area (Å²) >= 11 is 6.34. The van der Waals surface area contributed by atoms with E-state index in [0.717, 1.165) is 28.7 Å². The van der Waals surface area contributed by atoms with Crippen LogP contribution in [0.5, 0.6) is 0 Å². The normalized spacial score (nSPS) is 12.6. The van der Waals surface area contributed by atoms with Crippen molar-refractivity contribution in [1.82, 2.24) is 10.2 Å². The van der Waals surface area contributed by atoms with Gasteiger partial charge in [-0.3, -0.25) is 9.59 Å². The van der Waals surface area contributed by atoms with Gasteiger partial charge < -0.3 is 10.2 Å². The summed E-state index contributed by atoms with van der Waals surface area (Å²) < 4.78 is 0. The molecule has 0 radical (unpaired) electrons. The van der Waals surface area contributed by atoms with E-state index in [-0.39, 0.29) is 24.3 Å². The Hall–Kier alpha value is -3.11. The van der Waals surface area contributed by atoms with Crippen molar-refractivity contribution >= 4 is 23.4 Å². The van der Waals surface area contributed by atoms with Crippen LogP contribution in [0.15, 0.2) is 78.9 Å². The highest BCUT2D eigenvalue weighted by Gasteiger charge is 2.30. The lowest BCUT2D eigenvalue weighted by Crippen LogP contribution is -2.52. The molecule has 0 heterocycles. The molecule has 0 saturated heterocycles. The van der Waals surface area contributed by atoms with Crippen molar-refractivity contribution in [1.29, 1.82) is 0 Å². The van der Waals surface area contributed by atoms with Gasteiger partial charge in [0.25, 0.3) is 0 Å². The van der Waals surface area contributed by atoms with Crippen LogP contribution in [0.3, 0.4) is 0 Å². The quantitative estimate of drug-likeness (QED) is 0.351. The number of halogens is 1. The number of nitrogens with zero attached hydrogens (tertiary/aromatic N) is 1. The summed E-state index contributed by atoms with van der Waals surface area (Å²) in [5, 5.41) is 3.76. The number of hydrogen-bond acceptors (Lipinski definition) is 2. The van der Waals surface area contributed by atoms with E-state index < -0.39 is 6.04 Å². The molecule has 35 heavy (non-hydrogen) atoms. The van der Waals surface area contributed by atoms with Gasteiger partial charge in [0.2, 0.25) is 11.8 Å². The molecule has 3 aromatic carbocycles. The summed E-state index contributed by atoms with van der Waals surface area (Å²) in [7, 11) is 0. The molecule has 1 N–H and O–H groups in total. The van der Waals surface area contributed by atoms with Crippen LogP contribution in [0.4, 0.5) is 0 Å². The Bertz CT molecular complexity index is 1100. The second-order valence-electron chi connectivity index (χ2n) is 9.12. The van der Waals surface area contributed by atoms with Crippen molar-refractivity contribution in [2.24, 2.45) is 0 Å². The van der Waals surface area contributed by atoms with E-state index in [1.54, 1.807) is 4.90 Å². The number of aryl methyl sites for hydroxylation is 2. The molecule has 4 nitrogen and oxygen atoms in total. The second kappa shape index (κ2) is 13.1. The zero-order chi connectivity index (χ0) is 25.2. The van der Waals surface area contributed by atoms with Crippen LogP contribution >= 0.6 is 11.6 Å². The third-order valence-electron chi connectivity index (χ3n) is 6.31. The van der Waals surface area contributed by atoms with E-state index in [1.165, 1.54) is 0 Å². The molecule has 3 rings (SSSR count). The van der Waals surface area contributed by atoms with Gasteiger partial charge in [0.15, 0.2) is 0 Å². The Labute approximate surface area is 214 Å². The van der Waals surface area contributed by atoms with E-state index in [0.29, 0.717) is 24.4 Å². The van der Waals surface area contributed by atoms with Crippen LogP contribution in [0.1, 0.15) is 48.9 Å². The van der Waals surface area contributed by atoms with E-state index >= 15 is 0 Å². The molecule has 0 spiro atoms. The fourth-order valence-corrected chi connectivity index (χ4v) is 4.20. The minimum Gasteiger partial charge on any atom is -0.352 e. The van der Waals surface area contributed by atoms with Gasteiger partial charge in [-0.25, -0.2) is 0 Å². The predicted molar refractivity (Wildman–Crippen MR) is 143 cm³/mol. The summed E-state index contributed by atoms with van der Waals surface area (Å²) in [6, 6.07) is 25.0. The van der Waals surface area contributed by atoms with Gasteiger partial charge in [0, 0.05) is 30.5 Å². The highest BCUT2D eigenvalue weighted by molar-refractivity contribution is 6.31. The van der Waals surface area contributed by atoms with E-state index in [1.807, 2.05) is 99.6 Å². The minimum absolute atomic E-state index is 0.0280. The first kappa shape index (κ1) is 26.5. The van der Waals surface area contributed by atoms with Gasteiger partial charge in [-0.1, -0.05) is 96.9 Å². The summed E-state index contributed by atoms with van der Waals surface area (Å²) in [6.07, 6.45) is 2.07. The maximum Gasteiger partial charge on any atom is 0.243 e. The fraction of sp³-hybridized carbons (Fsp3) is 0.333. The lowest BCUT2D eigenvalue weighted by molar-refractivity contribution is -0.141. The summed E-state index contributed by atoms with van der Waals surface area (Å²) in [5.41, 5.74) is 4.10. The Morgan fingerprint density at radius 1 is 0.914 bits per heavy atom. The SMILES string of the molecule is CC[C@H](C)NC(=O)[C@H](Cc1ccccc1)N(Cc1ccc(C)cc1)C(=O)CCc1ccccc1Cl. The monoisotopic (exact) mass is 490 g/mol. The molecule has 0 fully saturated rings. The second-order valence-corrected chi connectivity index (χ2v) is 9.53. The zero-order valence-electron chi connectivity index (χ0n) is 20.8. The Morgan fingerprint density at radius 3 is 2.23 bits per heavy atom. The lowest BCUT2D eigenvalue weighted by Gasteiger charge is -2.32. The van der Waals surface area contributed by atoms with Crippen LogP contribution in [-0.4, -0.2) is 28.8 Å². The van der Waals surface area contributed by atoms with Crippen LogP contribution in [0, 0.1) is 6.92 Å². The molecule has 0 bridgehead atoms. The molecule has 3 aromatic rings. The minimum atomic E-state index is -0.619. The first-order valence-electron chi connectivity index (χ1n) is 12.3. The summed E-state index contributed by atoms with van der Waals surface area (Å²) in [6.45, 7) is 6.43. The lowest BCUT2D eigenvalue weighted by atomic mass is 10.0. The highest BCUT2D eigenvalue weighted by atomic mass is 35.5. The van der Waals surface area contributed by atoms with Crippen LogP contribution in [-0.2, 0) is 29.0 Å². The standard InChI is InChI=1S/C30H35ClN2O2/c1-4-23(3)32-30(35)28(20-24-10-6-5-7-11-24)33(21-25-16-14-22(2)15-17-25)29(34)19-18-26-12-8-9-13-27(26)31/h5-17,23,28H,4,18-21H2,1-3H3,(H,32,35)/t23-,28-/m0/s1. The van der Waals surface area contributed by atoms with Gasteiger partial charge in [0.05, 0.1) is 0 Å². The van der Waals surface area contributed by atoms with Crippen molar-refractivity contribution in [2.45, 2.75) is 65.1 Å². The maximum atomic E-state index is 13.7.